The molecule has 2 aromatic carbocycles. The molecule has 126 valence electrons. The van der Waals surface area contributed by atoms with Gasteiger partial charge in [0.15, 0.2) is 5.82 Å². The van der Waals surface area contributed by atoms with E-state index in [9.17, 15) is 0 Å². The minimum absolute atomic E-state index is 0.685. The molecule has 5 nitrogen and oxygen atoms in total. The first-order valence-corrected chi connectivity index (χ1v) is 8.80. The molecule has 0 atom stereocenters. The molecule has 6 heteroatoms. The number of nitrogen functional groups attached to an aromatic ring is 1. The zero-order valence-corrected chi connectivity index (χ0v) is 15.8. The lowest BCUT2D eigenvalue weighted by atomic mass is 10.0. The van der Waals surface area contributed by atoms with Crippen LogP contribution in [0.2, 0.25) is 0 Å². The van der Waals surface area contributed by atoms with Crippen molar-refractivity contribution in [2.75, 3.05) is 11.1 Å². The van der Waals surface area contributed by atoms with Crippen molar-refractivity contribution < 1.29 is 0 Å². The molecule has 0 saturated carbocycles. The lowest BCUT2D eigenvalue weighted by Gasteiger charge is -2.17. The number of fused-ring (bicyclic) bond motifs is 3. The van der Waals surface area contributed by atoms with Crippen LogP contribution in [0.4, 0.5) is 17.2 Å². The van der Waals surface area contributed by atoms with Gasteiger partial charge in [-0.25, -0.2) is 9.97 Å². The first kappa shape index (κ1) is 15.9. The van der Waals surface area contributed by atoms with Gasteiger partial charge in [0, 0.05) is 10.2 Å². The molecule has 2 heterocycles. The van der Waals surface area contributed by atoms with Crippen molar-refractivity contribution in [2.24, 2.45) is 0 Å². The SMILES string of the molecule is Cc1cc(C)c(Nc2nc3cccc(N)c3n3cncc23)c(C)c1Br. The number of rotatable bonds is 2. The van der Waals surface area contributed by atoms with Crippen molar-refractivity contribution in [3.05, 3.63) is 58.0 Å². The first-order chi connectivity index (χ1) is 12.0. The third-order valence-electron chi connectivity index (χ3n) is 4.52. The molecule has 0 spiro atoms. The van der Waals surface area contributed by atoms with E-state index in [0.717, 1.165) is 38.1 Å². The number of nitrogens with two attached hydrogens (primary N) is 1. The zero-order valence-electron chi connectivity index (χ0n) is 14.3. The maximum absolute atomic E-state index is 6.15. The number of benzene rings is 2. The molecule has 0 saturated heterocycles. The van der Waals surface area contributed by atoms with Gasteiger partial charge in [-0.3, -0.25) is 4.40 Å². The molecule has 0 fully saturated rings. The minimum Gasteiger partial charge on any atom is -0.397 e. The van der Waals surface area contributed by atoms with E-state index in [1.54, 1.807) is 12.5 Å². The normalized spacial score (nSPS) is 11.4. The summed E-state index contributed by atoms with van der Waals surface area (Å²) < 4.78 is 3.09. The van der Waals surface area contributed by atoms with E-state index in [4.69, 9.17) is 10.7 Å². The van der Waals surface area contributed by atoms with E-state index in [-0.39, 0.29) is 0 Å². The van der Waals surface area contributed by atoms with Crippen LogP contribution in [-0.4, -0.2) is 14.4 Å². The van der Waals surface area contributed by atoms with Gasteiger partial charge in [-0.2, -0.15) is 0 Å². The number of aryl methyl sites for hydroxylation is 2. The molecule has 0 bridgehead atoms. The van der Waals surface area contributed by atoms with Crippen LogP contribution in [0.25, 0.3) is 16.6 Å². The van der Waals surface area contributed by atoms with Crippen molar-refractivity contribution in [2.45, 2.75) is 20.8 Å². The number of aromatic nitrogens is 3. The third kappa shape index (κ3) is 2.44. The van der Waals surface area contributed by atoms with E-state index in [0.29, 0.717) is 5.69 Å². The number of anilines is 3. The first-order valence-electron chi connectivity index (χ1n) is 8.01. The second-order valence-electron chi connectivity index (χ2n) is 6.27. The lowest BCUT2D eigenvalue weighted by Crippen LogP contribution is -2.04. The molecule has 25 heavy (non-hydrogen) atoms. The molecule has 3 N–H and O–H groups in total. The zero-order chi connectivity index (χ0) is 17.7. The summed E-state index contributed by atoms with van der Waals surface area (Å²) in [4.78, 5) is 9.09. The Morgan fingerprint density at radius 3 is 2.76 bits per heavy atom. The van der Waals surface area contributed by atoms with Crippen molar-refractivity contribution in [3.8, 4) is 0 Å². The standard InChI is InChI=1S/C19H18BrN5/c1-10-7-11(2)17(12(3)16(10)20)24-19-15-8-22-9-25(15)18-13(21)5-4-6-14(18)23-19/h4-9H,21H2,1-3H3,(H,23,24). The maximum atomic E-state index is 6.15. The van der Waals surface area contributed by atoms with E-state index < -0.39 is 0 Å². The Morgan fingerprint density at radius 2 is 1.96 bits per heavy atom. The van der Waals surface area contributed by atoms with Crippen LogP contribution in [-0.2, 0) is 0 Å². The lowest BCUT2D eigenvalue weighted by molar-refractivity contribution is 1.18. The third-order valence-corrected chi connectivity index (χ3v) is 5.74. The fourth-order valence-corrected chi connectivity index (χ4v) is 3.60. The second kappa shape index (κ2) is 5.74. The van der Waals surface area contributed by atoms with Gasteiger partial charge >= 0.3 is 0 Å². The highest BCUT2D eigenvalue weighted by molar-refractivity contribution is 9.10. The highest BCUT2D eigenvalue weighted by atomic mass is 79.9. The van der Waals surface area contributed by atoms with Crippen LogP contribution in [0.5, 0.6) is 0 Å². The van der Waals surface area contributed by atoms with Gasteiger partial charge < -0.3 is 11.1 Å². The van der Waals surface area contributed by atoms with E-state index in [2.05, 4.69) is 53.1 Å². The Bertz CT molecular complexity index is 1130. The number of nitrogens with zero attached hydrogens (tertiary/aromatic N) is 3. The Hall–Kier alpha value is -2.60. The highest BCUT2D eigenvalue weighted by Gasteiger charge is 2.14. The van der Waals surface area contributed by atoms with Crippen molar-refractivity contribution in [1.82, 2.24) is 14.4 Å². The molecular weight excluding hydrogens is 378 g/mol. The summed E-state index contributed by atoms with van der Waals surface area (Å²) in [7, 11) is 0. The molecule has 0 amide bonds. The molecule has 0 aliphatic carbocycles. The molecule has 4 rings (SSSR count). The summed E-state index contributed by atoms with van der Waals surface area (Å²) in [5.74, 6) is 0.762. The monoisotopic (exact) mass is 395 g/mol. The van der Waals surface area contributed by atoms with Gasteiger partial charge in [0.05, 0.1) is 29.2 Å². The highest BCUT2D eigenvalue weighted by Crippen LogP contribution is 2.34. The van der Waals surface area contributed by atoms with Gasteiger partial charge in [-0.1, -0.05) is 28.1 Å². The van der Waals surface area contributed by atoms with Gasteiger partial charge in [0.2, 0.25) is 0 Å². The van der Waals surface area contributed by atoms with Gasteiger partial charge in [-0.15, -0.1) is 0 Å². The number of halogens is 1. The van der Waals surface area contributed by atoms with Crippen molar-refractivity contribution in [1.29, 1.82) is 0 Å². The largest absolute Gasteiger partial charge is 0.397 e. The second-order valence-corrected chi connectivity index (χ2v) is 7.07. The Morgan fingerprint density at radius 1 is 1.16 bits per heavy atom. The van der Waals surface area contributed by atoms with Crippen LogP contribution >= 0.6 is 15.9 Å². The Kier molecular flexibility index (Phi) is 3.65. The Balaban J connectivity index is 1.96. The molecule has 2 aromatic heterocycles. The van der Waals surface area contributed by atoms with Crippen molar-refractivity contribution >= 4 is 49.7 Å². The molecular formula is C19H18BrN5. The van der Waals surface area contributed by atoms with Crippen LogP contribution in [0.3, 0.4) is 0 Å². The molecule has 0 aliphatic rings. The minimum atomic E-state index is 0.685. The van der Waals surface area contributed by atoms with Gasteiger partial charge in [0.1, 0.15) is 5.52 Å². The summed E-state index contributed by atoms with van der Waals surface area (Å²) in [6.07, 6.45) is 3.57. The summed E-state index contributed by atoms with van der Waals surface area (Å²) in [6.45, 7) is 6.29. The predicted octanol–water partition coefficient (Wildman–Crippen LogP) is 4.90. The predicted molar refractivity (Wildman–Crippen MR) is 107 cm³/mol. The fraction of sp³-hybridized carbons (Fsp3) is 0.158. The van der Waals surface area contributed by atoms with Gasteiger partial charge in [-0.05, 0) is 49.6 Å². The average molecular weight is 396 g/mol. The van der Waals surface area contributed by atoms with E-state index in [1.807, 2.05) is 22.6 Å². The fourth-order valence-electron chi connectivity index (χ4n) is 3.29. The summed E-state index contributed by atoms with van der Waals surface area (Å²) in [5.41, 5.74) is 14.0. The molecule has 0 aliphatic heterocycles. The molecule has 4 aromatic rings. The number of para-hydroxylation sites is 1. The smallest absolute Gasteiger partial charge is 0.157 e. The molecule has 0 radical (unpaired) electrons. The van der Waals surface area contributed by atoms with Crippen LogP contribution in [0.15, 0.2) is 41.3 Å². The summed E-state index contributed by atoms with van der Waals surface area (Å²) in [6, 6.07) is 7.91. The van der Waals surface area contributed by atoms with Crippen LogP contribution in [0, 0.1) is 20.8 Å². The summed E-state index contributed by atoms with van der Waals surface area (Å²) in [5, 5.41) is 3.51. The summed E-state index contributed by atoms with van der Waals surface area (Å²) >= 11 is 3.67. The topological polar surface area (TPSA) is 68.2 Å². The van der Waals surface area contributed by atoms with Crippen LogP contribution in [0.1, 0.15) is 16.7 Å². The van der Waals surface area contributed by atoms with Gasteiger partial charge in [0.25, 0.3) is 0 Å². The Labute approximate surface area is 154 Å². The number of nitrogens with one attached hydrogen (secondary N) is 1. The number of hydrogen-bond acceptors (Lipinski definition) is 4. The number of hydrogen-bond donors (Lipinski definition) is 2. The average Bonchev–Trinajstić information content (AvgIpc) is 3.06. The molecule has 0 unspecified atom stereocenters. The number of imidazole rings is 1. The maximum Gasteiger partial charge on any atom is 0.157 e. The van der Waals surface area contributed by atoms with Crippen molar-refractivity contribution in [3.63, 3.8) is 0 Å². The van der Waals surface area contributed by atoms with E-state index >= 15 is 0 Å². The quantitative estimate of drug-likeness (QED) is 0.473. The van der Waals surface area contributed by atoms with E-state index in [1.165, 1.54) is 11.1 Å². The van der Waals surface area contributed by atoms with Crippen LogP contribution < -0.4 is 11.1 Å².